The van der Waals surface area contributed by atoms with E-state index in [4.69, 9.17) is 15.6 Å². The third-order valence-corrected chi connectivity index (χ3v) is 1.93. The van der Waals surface area contributed by atoms with Gasteiger partial charge in [-0.1, -0.05) is 34.6 Å². The first kappa shape index (κ1) is 18.7. The smallest absolute Gasteiger partial charge is 0.322 e. The number of aliphatic carboxylic acids is 1. The zero-order valence-electron chi connectivity index (χ0n) is 12.3. The zero-order valence-corrected chi connectivity index (χ0v) is 12.3. The Morgan fingerprint density at radius 2 is 1.65 bits per heavy atom. The molecule has 0 fully saturated rings. The third kappa shape index (κ3) is 11.6. The van der Waals surface area contributed by atoms with Crippen LogP contribution in [-0.2, 0) is 9.53 Å². The van der Waals surface area contributed by atoms with Crippen molar-refractivity contribution in [3.8, 4) is 0 Å². The number of carbonyl (C=O) groups is 1. The van der Waals surface area contributed by atoms with Gasteiger partial charge >= 0.3 is 5.97 Å². The summed E-state index contributed by atoms with van der Waals surface area (Å²) in [4.78, 5) is 10.5. The predicted octanol–water partition coefficient (Wildman–Crippen LogP) is 2.66. The number of carboxylic acids is 1. The maximum atomic E-state index is 10.5. The van der Waals surface area contributed by atoms with Gasteiger partial charge in [-0.15, -0.1) is 0 Å². The SMILES string of the molecule is CC.CC(C)(C)CC(C)(C)OCC(N)C(=O)O. The molecular weight excluding hydrogens is 218 g/mol. The maximum Gasteiger partial charge on any atom is 0.322 e. The number of nitrogens with two attached hydrogens (primary N) is 1. The highest BCUT2D eigenvalue weighted by molar-refractivity contribution is 5.73. The van der Waals surface area contributed by atoms with Gasteiger partial charge in [0.2, 0.25) is 0 Å². The van der Waals surface area contributed by atoms with Crippen molar-refractivity contribution in [2.45, 2.75) is 66.5 Å². The number of ether oxygens (including phenoxy) is 1. The molecule has 0 aromatic carbocycles. The molecule has 0 bridgehead atoms. The Bertz CT molecular complexity index is 219. The largest absolute Gasteiger partial charge is 0.480 e. The lowest BCUT2D eigenvalue weighted by Crippen LogP contribution is -2.40. The van der Waals surface area contributed by atoms with E-state index in [1.165, 1.54) is 0 Å². The molecule has 0 aliphatic carbocycles. The normalized spacial score (nSPS) is 13.6. The molecule has 0 rings (SSSR count). The number of carboxylic acid groups (broad SMARTS) is 1. The Morgan fingerprint density at radius 1 is 1.24 bits per heavy atom. The highest BCUT2D eigenvalue weighted by Crippen LogP contribution is 2.29. The highest BCUT2D eigenvalue weighted by Gasteiger charge is 2.27. The molecule has 104 valence electrons. The molecule has 0 aliphatic heterocycles. The van der Waals surface area contributed by atoms with Gasteiger partial charge in [0.15, 0.2) is 0 Å². The van der Waals surface area contributed by atoms with Crippen LogP contribution in [0.4, 0.5) is 0 Å². The summed E-state index contributed by atoms with van der Waals surface area (Å²) in [6.45, 7) is 14.3. The molecule has 4 nitrogen and oxygen atoms in total. The fourth-order valence-corrected chi connectivity index (χ4v) is 1.71. The van der Waals surface area contributed by atoms with E-state index >= 15 is 0 Å². The molecule has 0 saturated carbocycles. The van der Waals surface area contributed by atoms with Crippen molar-refractivity contribution in [3.63, 3.8) is 0 Å². The molecule has 4 heteroatoms. The predicted molar refractivity (Wildman–Crippen MR) is 71.1 cm³/mol. The monoisotopic (exact) mass is 247 g/mol. The molecule has 0 amide bonds. The molecule has 0 aliphatic rings. The minimum absolute atomic E-state index is 0.0540. The molecule has 17 heavy (non-hydrogen) atoms. The van der Waals surface area contributed by atoms with Crippen LogP contribution in [0.3, 0.4) is 0 Å². The van der Waals surface area contributed by atoms with Crippen molar-refractivity contribution < 1.29 is 14.6 Å². The lowest BCUT2D eigenvalue weighted by atomic mass is 9.83. The zero-order chi connectivity index (χ0) is 14.3. The van der Waals surface area contributed by atoms with Gasteiger partial charge in [0.1, 0.15) is 6.04 Å². The number of hydrogen-bond donors (Lipinski definition) is 2. The fourth-order valence-electron chi connectivity index (χ4n) is 1.71. The van der Waals surface area contributed by atoms with E-state index in [9.17, 15) is 4.79 Å². The Balaban J connectivity index is 0. The van der Waals surface area contributed by atoms with Crippen LogP contribution in [0.25, 0.3) is 0 Å². The Kier molecular flexibility index (Phi) is 8.45. The van der Waals surface area contributed by atoms with Crippen LogP contribution >= 0.6 is 0 Å². The van der Waals surface area contributed by atoms with E-state index in [2.05, 4.69) is 20.8 Å². The van der Waals surface area contributed by atoms with Crippen LogP contribution in [0.5, 0.6) is 0 Å². The second-order valence-corrected chi connectivity index (χ2v) is 5.75. The number of hydrogen-bond acceptors (Lipinski definition) is 3. The summed E-state index contributed by atoms with van der Waals surface area (Å²) in [6.07, 6.45) is 0.854. The Morgan fingerprint density at radius 3 is 1.94 bits per heavy atom. The average molecular weight is 247 g/mol. The molecule has 0 heterocycles. The summed E-state index contributed by atoms with van der Waals surface area (Å²) in [5, 5.41) is 8.61. The molecular formula is C13H29NO3. The van der Waals surface area contributed by atoms with Crippen molar-refractivity contribution in [2.75, 3.05) is 6.61 Å². The standard InChI is InChI=1S/C11H23NO3.C2H6/c1-10(2,3)7-11(4,5)15-6-8(12)9(13)14;1-2/h8H,6-7,12H2,1-5H3,(H,13,14);1-2H3. The van der Waals surface area contributed by atoms with E-state index < -0.39 is 12.0 Å². The van der Waals surface area contributed by atoms with Gasteiger partial charge < -0.3 is 15.6 Å². The molecule has 1 unspecified atom stereocenters. The molecule has 0 aromatic heterocycles. The summed E-state index contributed by atoms with van der Waals surface area (Å²) in [5.74, 6) is -1.03. The molecule has 1 atom stereocenters. The first-order valence-corrected chi connectivity index (χ1v) is 6.16. The van der Waals surface area contributed by atoms with Crippen molar-refractivity contribution >= 4 is 5.97 Å². The van der Waals surface area contributed by atoms with Crippen LogP contribution in [-0.4, -0.2) is 29.3 Å². The lowest BCUT2D eigenvalue weighted by Gasteiger charge is -2.33. The van der Waals surface area contributed by atoms with Crippen LogP contribution in [0, 0.1) is 5.41 Å². The molecule has 3 N–H and O–H groups in total. The minimum Gasteiger partial charge on any atom is -0.480 e. The summed E-state index contributed by atoms with van der Waals surface area (Å²) >= 11 is 0. The van der Waals surface area contributed by atoms with E-state index in [1.807, 2.05) is 27.7 Å². The van der Waals surface area contributed by atoms with Crippen LogP contribution < -0.4 is 5.73 Å². The molecule has 0 spiro atoms. The highest BCUT2D eigenvalue weighted by atomic mass is 16.5. The first-order valence-electron chi connectivity index (χ1n) is 6.16. The molecule has 0 radical (unpaired) electrons. The van der Waals surface area contributed by atoms with Gasteiger partial charge in [0.05, 0.1) is 12.2 Å². The van der Waals surface area contributed by atoms with Gasteiger partial charge in [0.25, 0.3) is 0 Å². The molecule has 0 saturated heterocycles. The van der Waals surface area contributed by atoms with Crippen LogP contribution in [0.15, 0.2) is 0 Å². The number of rotatable bonds is 5. The van der Waals surface area contributed by atoms with Gasteiger partial charge in [0, 0.05) is 0 Å². The Hall–Kier alpha value is -0.610. The Labute approximate surface area is 106 Å². The van der Waals surface area contributed by atoms with Crippen LogP contribution in [0.2, 0.25) is 0 Å². The third-order valence-electron chi connectivity index (χ3n) is 1.93. The maximum absolute atomic E-state index is 10.5. The minimum atomic E-state index is -1.03. The van der Waals surface area contributed by atoms with Crippen LogP contribution in [0.1, 0.15) is 54.9 Å². The van der Waals surface area contributed by atoms with Crippen molar-refractivity contribution in [1.82, 2.24) is 0 Å². The summed E-state index contributed by atoms with van der Waals surface area (Å²) in [7, 11) is 0. The average Bonchev–Trinajstić information content (AvgIpc) is 2.13. The van der Waals surface area contributed by atoms with E-state index in [0.717, 1.165) is 6.42 Å². The van der Waals surface area contributed by atoms with Gasteiger partial charge in [-0.3, -0.25) is 4.79 Å². The summed E-state index contributed by atoms with van der Waals surface area (Å²) in [6, 6.07) is -0.941. The van der Waals surface area contributed by atoms with Gasteiger partial charge in [-0.25, -0.2) is 0 Å². The van der Waals surface area contributed by atoms with E-state index in [0.29, 0.717) is 0 Å². The first-order chi connectivity index (χ1) is 7.53. The second kappa shape index (κ2) is 7.67. The second-order valence-electron chi connectivity index (χ2n) is 5.75. The van der Waals surface area contributed by atoms with E-state index in [-0.39, 0.29) is 17.6 Å². The van der Waals surface area contributed by atoms with Crippen molar-refractivity contribution in [2.24, 2.45) is 11.1 Å². The van der Waals surface area contributed by atoms with Gasteiger partial charge in [-0.2, -0.15) is 0 Å². The lowest BCUT2D eigenvalue weighted by molar-refractivity contribution is -0.142. The van der Waals surface area contributed by atoms with E-state index in [1.54, 1.807) is 0 Å². The summed E-state index contributed by atoms with van der Waals surface area (Å²) in [5.41, 5.74) is 5.17. The van der Waals surface area contributed by atoms with Gasteiger partial charge in [-0.05, 0) is 25.7 Å². The van der Waals surface area contributed by atoms with Crippen molar-refractivity contribution in [3.05, 3.63) is 0 Å². The topological polar surface area (TPSA) is 72.5 Å². The summed E-state index contributed by atoms with van der Waals surface area (Å²) < 4.78 is 5.52. The quantitative estimate of drug-likeness (QED) is 0.783. The fraction of sp³-hybridized carbons (Fsp3) is 0.923. The molecule has 0 aromatic rings. The van der Waals surface area contributed by atoms with Crippen molar-refractivity contribution in [1.29, 1.82) is 0 Å².